The van der Waals surface area contributed by atoms with Gasteiger partial charge in [-0.25, -0.2) is 0 Å². The molecule has 2 aromatic carbocycles. The average molecular weight is 351 g/mol. The number of aromatic amines is 1. The van der Waals surface area contributed by atoms with Gasteiger partial charge in [0.2, 0.25) is 5.91 Å². The highest BCUT2D eigenvalue weighted by Gasteiger charge is 2.12. The molecule has 0 saturated carbocycles. The molecule has 0 bridgehead atoms. The van der Waals surface area contributed by atoms with Crippen molar-refractivity contribution in [2.24, 2.45) is 0 Å². The third kappa shape index (κ3) is 4.42. The van der Waals surface area contributed by atoms with E-state index in [0.717, 1.165) is 16.5 Å². The number of benzene rings is 2. The largest absolute Gasteiger partial charge is 0.508 e. The van der Waals surface area contributed by atoms with E-state index in [4.69, 9.17) is 0 Å². The fourth-order valence-electron chi connectivity index (χ4n) is 2.87. The second kappa shape index (κ2) is 7.74. The molecular weight excluding hydrogens is 330 g/mol. The van der Waals surface area contributed by atoms with Gasteiger partial charge in [0, 0.05) is 16.9 Å². The van der Waals surface area contributed by atoms with E-state index in [9.17, 15) is 14.7 Å². The van der Waals surface area contributed by atoms with E-state index in [1.54, 1.807) is 24.3 Å². The molecule has 2 amide bonds. The van der Waals surface area contributed by atoms with E-state index >= 15 is 0 Å². The Hall–Kier alpha value is -3.28. The van der Waals surface area contributed by atoms with Crippen molar-refractivity contribution in [1.29, 1.82) is 0 Å². The Morgan fingerprint density at radius 1 is 1.12 bits per heavy atom. The van der Waals surface area contributed by atoms with Crippen LogP contribution in [-0.2, 0) is 11.2 Å². The molecule has 1 heterocycles. The molecule has 3 aromatic rings. The van der Waals surface area contributed by atoms with Crippen LogP contribution in [0, 0.1) is 0 Å². The zero-order chi connectivity index (χ0) is 18.5. The minimum Gasteiger partial charge on any atom is -0.508 e. The third-order valence-corrected chi connectivity index (χ3v) is 4.04. The Bertz CT molecular complexity index is 900. The number of carbonyl (C=O) groups excluding carboxylic acids is 2. The first-order chi connectivity index (χ1) is 12.5. The Labute approximate surface area is 151 Å². The van der Waals surface area contributed by atoms with Gasteiger partial charge in [0.05, 0.1) is 6.54 Å². The maximum atomic E-state index is 12.2. The molecule has 0 aliphatic rings. The second-order valence-electron chi connectivity index (χ2n) is 6.30. The zero-order valence-electron chi connectivity index (χ0n) is 14.5. The minimum atomic E-state index is -0.322. The van der Waals surface area contributed by atoms with Crippen molar-refractivity contribution >= 4 is 22.7 Å². The van der Waals surface area contributed by atoms with Crippen LogP contribution in [0.2, 0.25) is 0 Å². The number of phenols is 1. The van der Waals surface area contributed by atoms with Gasteiger partial charge in [-0.15, -0.1) is 0 Å². The van der Waals surface area contributed by atoms with E-state index < -0.39 is 0 Å². The van der Waals surface area contributed by atoms with E-state index in [1.807, 2.05) is 37.3 Å². The molecule has 0 saturated heterocycles. The van der Waals surface area contributed by atoms with Gasteiger partial charge < -0.3 is 20.7 Å². The standard InChI is InChI=1S/C20H21N3O3/c1-13(9-14-5-4-7-16(24)10-14)22-19(25)12-21-20(26)18-11-15-6-2-3-8-17(15)23-18/h2-8,10-11,13,23-24H,9,12H2,1H3,(H,21,26)(H,22,25). The summed E-state index contributed by atoms with van der Waals surface area (Å²) in [7, 11) is 0. The van der Waals surface area contributed by atoms with Gasteiger partial charge in [0.1, 0.15) is 11.4 Å². The summed E-state index contributed by atoms with van der Waals surface area (Å²) in [5.41, 5.74) is 2.23. The first-order valence-electron chi connectivity index (χ1n) is 8.44. The molecule has 0 aliphatic carbocycles. The number of fused-ring (bicyclic) bond motifs is 1. The summed E-state index contributed by atoms with van der Waals surface area (Å²) in [6.45, 7) is 1.78. The molecule has 134 valence electrons. The maximum Gasteiger partial charge on any atom is 0.268 e. The number of aromatic hydroxyl groups is 1. The highest BCUT2D eigenvalue weighted by molar-refractivity contribution is 5.99. The first kappa shape index (κ1) is 17.5. The number of rotatable bonds is 6. The zero-order valence-corrected chi connectivity index (χ0v) is 14.5. The van der Waals surface area contributed by atoms with Gasteiger partial charge in [0.25, 0.3) is 5.91 Å². The average Bonchev–Trinajstić information content (AvgIpc) is 3.03. The van der Waals surface area contributed by atoms with Crippen LogP contribution in [0.25, 0.3) is 10.9 Å². The van der Waals surface area contributed by atoms with E-state index in [1.165, 1.54) is 0 Å². The summed E-state index contributed by atoms with van der Waals surface area (Å²) in [6.07, 6.45) is 0.593. The number of phenolic OH excluding ortho intramolecular Hbond substituents is 1. The predicted molar refractivity (Wildman–Crippen MR) is 100 cm³/mol. The van der Waals surface area contributed by atoms with E-state index in [-0.39, 0.29) is 30.2 Å². The van der Waals surface area contributed by atoms with Crippen LogP contribution in [0.1, 0.15) is 23.0 Å². The van der Waals surface area contributed by atoms with Gasteiger partial charge in [0.15, 0.2) is 0 Å². The summed E-state index contributed by atoms with van der Waals surface area (Å²) >= 11 is 0. The molecule has 0 radical (unpaired) electrons. The fourth-order valence-corrected chi connectivity index (χ4v) is 2.87. The van der Waals surface area contributed by atoms with E-state index in [2.05, 4.69) is 15.6 Å². The topological polar surface area (TPSA) is 94.2 Å². The minimum absolute atomic E-state index is 0.0986. The van der Waals surface area contributed by atoms with Crippen LogP contribution < -0.4 is 10.6 Å². The van der Waals surface area contributed by atoms with Gasteiger partial charge in [-0.3, -0.25) is 9.59 Å². The second-order valence-corrected chi connectivity index (χ2v) is 6.30. The molecule has 1 aromatic heterocycles. The number of carbonyl (C=O) groups is 2. The molecule has 1 atom stereocenters. The van der Waals surface area contributed by atoms with Crippen LogP contribution in [0.5, 0.6) is 5.75 Å². The monoisotopic (exact) mass is 351 g/mol. The predicted octanol–water partition coefficient (Wildman–Crippen LogP) is 2.35. The highest BCUT2D eigenvalue weighted by Crippen LogP contribution is 2.14. The first-order valence-corrected chi connectivity index (χ1v) is 8.44. The van der Waals surface area contributed by atoms with Crippen LogP contribution in [0.4, 0.5) is 0 Å². The molecule has 0 spiro atoms. The lowest BCUT2D eigenvalue weighted by Crippen LogP contribution is -2.41. The van der Waals surface area contributed by atoms with Crippen LogP contribution in [-0.4, -0.2) is 34.5 Å². The lowest BCUT2D eigenvalue weighted by molar-refractivity contribution is -0.120. The number of hydrogen-bond acceptors (Lipinski definition) is 3. The normalized spacial score (nSPS) is 11.9. The molecular formula is C20H21N3O3. The number of hydrogen-bond donors (Lipinski definition) is 4. The van der Waals surface area contributed by atoms with Crippen molar-refractivity contribution in [3.63, 3.8) is 0 Å². The van der Waals surface area contributed by atoms with Crippen molar-refractivity contribution in [1.82, 2.24) is 15.6 Å². The molecule has 3 rings (SSSR count). The Balaban J connectivity index is 1.49. The number of H-pyrrole nitrogens is 1. The summed E-state index contributed by atoms with van der Waals surface area (Å²) in [5.74, 6) is -0.384. The molecule has 6 nitrogen and oxygen atoms in total. The van der Waals surface area contributed by atoms with Crippen molar-refractivity contribution in [3.05, 3.63) is 65.9 Å². The SMILES string of the molecule is CC(Cc1cccc(O)c1)NC(=O)CNC(=O)c1cc2ccccc2[nH]1. The molecule has 0 fully saturated rings. The molecule has 4 N–H and O–H groups in total. The number of para-hydroxylation sites is 1. The summed E-state index contributed by atoms with van der Waals surface area (Å²) in [5, 5.41) is 15.9. The maximum absolute atomic E-state index is 12.2. The number of amides is 2. The van der Waals surface area contributed by atoms with Crippen molar-refractivity contribution in [3.8, 4) is 5.75 Å². The lowest BCUT2D eigenvalue weighted by atomic mass is 10.1. The Morgan fingerprint density at radius 2 is 1.92 bits per heavy atom. The Kier molecular flexibility index (Phi) is 5.22. The molecule has 6 heteroatoms. The summed E-state index contributed by atoms with van der Waals surface area (Å²) in [4.78, 5) is 27.2. The number of aromatic nitrogens is 1. The third-order valence-electron chi connectivity index (χ3n) is 4.04. The summed E-state index contributed by atoms with van der Waals surface area (Å²) in [6, 6.07) is 16.2. The molecule has 0 aliphatic heterocycles. The van der Waals surface area contributed by atoms with Crippen molar-refractivity contribution < 1.29 is 14.7 Å². The quantitative estimate of drug-likeness (QED) is 0.549. The number of nitrogens with one attached hydrogen (secondary N) is 3. The Morgan fingerprint density at radius 3 is 2.69 bits per heavy atom. The van der Waals surface area contributed by atoms with Gasteiger partial charge in [-0.2, -0.15) is 0 Å². The highest BCUT2D eigenvalue weighted by atomic mass is 16.3. The van der Waals surface area contributed by atoms with Crippen LogP contribution in [0.3, 0.4) is 0 Å². The van der Waals surface area contributed by atoms with E-state index in [0.29, 0.717) is 12.1 Å². The van der Waals surface area contributed by atoms with Gasteiger partial charge in [-0.1, -0.05) is 30.3 Å². The molecule has 1 unspecified atom stereocenters. The molecule has 26 heavy (non-hydrogen) atoms. The summed E-state index contributed by atoms with van der Waals surface area (Å²) < 4.78 is 0. The smallest absolute Gasteiger partial charge is 0.268 e. The fraction of sp³-hybridized carbons (Fsp3) is 0.200. The van der Waals surface area contributed by atoms with Crippen LogP contribution >= 0.6 is 0 Å². The van der Waals surface area contributed by atoms with Gasteiger partial charge >= 0.3 is 0 Å². The van der Waals surface area contributed by atoms with Crippen molar-refractivity contribution in [2.75, 3.05) is 6.54 Å². The lowest BCUT2D eigenvalue weighted by Gasteiger charge is -2.14. The van der Waals surface area contributed by atoms with Crippen molar-refractivity contribution in [2.45, 2.75) is 19.4 Å². The van der Waals surface area contributed by atoms with Crippen LogP contribution in [0.15, 0.2) is 54.6 Å². The van der Waals surface area contributed by atoms with Gasteiger partial charge in [-0.05, 0) is 43.2 Å².